The van der Waals surface area contributed by atoms with Crippen molar-refractivity contribution in [3.05, 3.63) is 23.8 Å². The molecule has 0 aliphatic heterocycles. The molecule has 1 aromatic rings. The summed E-state index contributed by atoms with van der Waals surface area (Å²) in [7, 11) is 0. The van der Waals surface area contributed by atoms with Gasteiger partial charge in [0.2, 0.25) is 0 Å². The minimum Gasteiger partial charge on any atom is -0.508 e. The van der Waals surface area contributed by atoms with Gasteiger partial charge in [-0.05, 0) is 19.1 Å². The number of phenols is 2. The monoisotopic (exact) mass is 288 g/mol. The van der Waals surface area contributed by atoms with Crippen LogP contribution in [-0.4, -0.2) is 55.8 Å². The lowest BCUT2D eigenvalue weighted by molar-refractivity contribution is -0.152. The first-order valence-electron chi connectivity index (χ1n) is 5.37. The summed E-state index contributed by atoms with van der Waals surface area (Å²) in [5.74, 6) is -2.89. The summed E-state index contributed by atoms with van der Waals surface area (Å²) in [5, 5.41) is 51.2. The van der Waals surface area contributed by atoms with Gasteiger partial charge in [0.05, 0.1) is 18.8 Å². The van der Waals surface area contributed by atoms with Gasteiger partial charge in [0, 0.05) is 6.07 Å². The lowest BCUT2D eigenvalue weighted by Crippen LogP contribution is -2.35. The van der Waals surface area contributed by atoms with Gasteiger partial charge in [0.25, 0.3) is 0 Å². The number of rotatable bonds is 4. The zero-order chi connectivity index (χ0) is 15.9. The van der Waals surface area contributed by atoms with E-state index in [1.165, 1.54) is 6.92 Å². The first kappa shape index (κ1) is 17.7. The van der Waals surface area contributed by atoms with Crippen molar-refractivity contribution >= 4 is 11.9 Å². The van der Waals surface area contributed by atoms with Gasteiger partial charge in [-0.3, -0.25) is 4.79 Å². The molecule has 8 heteroatoms. The molecule has 0 aliphatic rings. The molecule has 0 radical (unpaired) electrons. The van der Waals surface area contributed by atoms with Crippen molar-refractivity contribution in [3.8, 4) is 11.5 Å². The van der Waals surface area contributed by atoms with Gasteiger partial charge in [-0.15, -0.1) is 0 Å². The van der Waals surface area contributed by atoms with Crippen LogP contribution in [0.25, 0.3) is 0 Å². The van der Waals surface area contributed by atoms with E-state index in [-0.39, 0.29) is 17.1 Å². The number of aromatic carboxylic acids is 1. The fourth-order valence-corrected chi connectivity index (χ4v) is 0.904. The minimum atomic E-state index is -1.39. The van der Waals surface area contributed by atoms with E-state index in [4.69, 9.17) is 30.6 Å². The highest BCUT2D eigenvalue weighted by Gasteiger charge is 2.31. The van der Waals surface area contributed by atoms with E-state index in [9.17, 15) is 9.59 Å². The molecular formula is C12H16O8. The molecule has 0 saturated heterocycles. The Kier molecular flexibility index (Phi) is 6.47. The first-order chi connectivity index (χ1) is 9.16. The lowest BCUT2D eigenvalue weighted by atomic mass is 9.94. The Hall–Kier alpha value is -2.32. The summed E-state index contributed by atoms with van der Waals surface area (Å²) < 4.78 is 0. The summed E-state index contributed by atoms with van der Waals surface area (Å²) >= 11 is 0. The molecule has 6 N–H and O–H groups in total. The average Bonchev–Trinajstić information content (AvgIpc) is 2.37. The topological polar surface area (TPSA) is 156 Å². The van der Waals surface area contributed by atoms with Crippen molar-refractivity contribution in [3.63, 3.8) is 0 Å². The molecule has 0 saturated carbocycles. The largest absolute Gasteiger partial charge is 0.508 e. The van der Waals surface area contributed by atoms with Crippen LogP contribution in [0, 0.1) is 5.41 Å². The van der Waals surface area contributed by atoms with E-state index in [1.54, 1.807) is 0 Å². The third-order valence-corrected chi connectivity index (χ3v) is 2.36. The number of carbonyl (C=O) groups is 2. The van der Waals surface area contributed by atoms with Crippen molar-refractivity contribution in [1.29, 1.82) is 0 Å². The number of aliphatic hydroxyl groups is 2. The number of carboxylic acids is 2. The predicted octanol–water partition coefficient (Wildman–Crippen LogP) is -0.142. The Labute approximate surface area is 114 Å². The maximum Gasteiger partial charge on any atom is 0.335 e. The van der Waals surface area contributed by atoms with Crippen LogP contribution < -0.4 is 0 Å². The van der Waals surface area contributed by atoms with E-state index >= 15 is 0 Å². The molecule has 112 valence electrons. The highest BCUT2D eigenvalue weighted by Crippen LogP contribution is 2.19. The molecule has 8 nitrogen and oxygen atoms in total. The summed E-state index contributed by atoms with van der Waals surface area (Å²) in [4.78, 5) is 20.4. The van der Waals surface area contributed by atoms with Gasteiger partial charge < -0.3 is 30.6 Å². The molecule has 0 aromatic heterocycles. The van der Waals surface area contributed by atoms with Crippen molar-refractivity contribution in [2.75, 3.05) is 13.2 Å². The molecule has 1 aromatic carbocycles. The van der Waals surface area contributed by atoms with Crippen LogP contribution in [-0.2, 0) is 4.79 Å². The smallest absolute Gasteiger partial charge is 0.335 e. The quantitative estimate of drug-likeness (QED) is 0.447. The predicted molar refractivity (Wildman–Crippen MR) is 66.6 cm³/mol. The summed E-state index contributed by atoms with van der Waals surface area (Å²) in [6.45, 7) is 0.187. The molecule has 0 heterocycles. The SMILES string of the molecule is CC(CO)(CO)C(=O)O.O=C(O)c1cc(O)cc(O)c1. The van der Waals surface area contributed by atoms with Crippen molar-refractivity contribution in [1.82, 2.24) is 0 Å². The Morgan fingerprint density at radius 2 is 1.40 bits per heavy atom. The molecule has 0 amide bonds. The van der Waals surface area contributed by atoms with Crippen LogP contribution in [0.4, 0.5) is 0 Å². The Morgan fingerprint density at radius 3 is 1.60 bits per heavy atom. The molecule has 0 fully saturated rings. The molecule has 1 rings (SSSR count). The number of aromatic hydroxyl groups is 2. The van der Waals surface area contributed by atoms with E-state index in [0.29, 0.717) is 0 Å². The Bertz CT molecular complexity index is 458. The van der Waals surface area contributed by atoms with Gasteiger partial charge in [-0.1, -0.05) is 0 Å². The van der Waals surface area contributed by atoms with Crippen LogP contribution in [0.5, 0.6) is 11.5 Å². The van der Waals surface area contributed by atoms with E-state index in [1.807, 2.05) is 0 Å². The van der Waals surface area contributed by atoms with Crippen molar-refractivity contribution in [2.45, 2.75) is 6.92 Å². The third-order valence-electron chi connectivity index (χ3n) is 2.36. The number of phenolic OH excluding ortho intramolecular Hbond substituents is 2. The van der Waals surface area contributed by atoms with Crippen LogP contribution >= 0.6 is 0 Å². The van der Waals surface area contributed by atoms with Crippen LogP contribution in [0.15, 0.2) is 18.2 Å². The normalized spacial score (nSPS) is 10.3. The van der Waals surface area contributed by atoms with Crippen LogP contribution in [0.1, 0.15) is 17.3 Å². The molecule has 0 unspecified atom stereocenters. The molecular weight excluding hydrogens is 272 g/mol. The van der Waals surface area contributed by atoms with E-state index in [0.717, 1.165) is 18.2 Å². The first-order valence-corrected chi connectivity index (χ1v) is 5.37. The maximum atomic E-state index is 10.3. The fourth-order valence-electron chi connectivity index (χ4n) is 0.904. The Morgan fingerprint density at radius 1 is 1.00 bits per heavy atom. The van der Waals surface area contributed by atoms with Gasteiger partial charge >= 0.3 is 11.9 Å². The second kappa shape index (κ2) is 7.31. The summed E-state index contributed by atoms with van der Waals surface area (Å²) in [5.41, 5.74) is -1.53. The molecule has 20 heavy (non-hydrogen) atoms. The molecule has 0 aliphatic carbocycles. The van der Waals surface area contributed by atoms with Gasteiger partial charge in [-0.25, -0.2) is 4.79 Å². The second-order valence-corrected chi connectivity index (χ2v) is 4.23. The number of benzene rings is 1. The van der Waals surface area contributed by atoms with E-state index < -0.39 is 30.6 Å². The van der Waals surface area contributed by atoms with Crippen LogP contribution in [0.2, 0.25) is 0 Å². The van der Waals surface area contributed by atoms with Gasteiger partial charge in [-0.2, -0.15) is 0 Å². The highest BCUT2D eigenvalue weighted by molar-refractivity contribution is 5.88. The summed E-state index contributed by atoms with van der Waals surface area (Å²) in [6.07, 6.45) is 0. The molecule has 0 atom stereocenters. The van der Waals surface area contributed by atoms with Gasteiger partial charge in [0.15, 0.2) is 0 Å². The number of hydrogen-bond acceptors (Lipinski definition) is 6. The highest BCUT2D eigenvalue weighted by atomic mass is 16.4. The number of carboxylic acid groups (broad SMARTS) is 2. The number of hydrogen-bond donors (Lipinski definition) is 6. The van der Waals surface area contributed by atoms with E-state index in [2.05, 4.69) is 0 Å². The van der Waals surface area contributed by atoms with Crippen LogP contribution in [0.3, 0.4) is 0 Å². The summed E-state index contributed by atoms with van der Waals surface area (Å²) in [6, 6.07) is 3.18. The zero-order valence-corrected chi connectivity index (χ0v) is 10.6. The van der Waals surface area contributed by atoms with Crippen molar-refractivity contribution < 1.29 is 40.2 Å². The number of aliphatic carboxylic acids is 1. The number of aliphatic hydroxyl groups excluding tert-OH is 2. The fraction of sp³-hybridized carbons (Fsp3) is 0.333. The molecule has 0 bridgehead atoms. The second-order valence-electron chi connectivity index (χ2n) is 4.23. The van der Waals surface area contributed by atoms with Crippen molar-refractivity contribution in [2.24, 2.45) is 5.41 Å². The average molecular weight is 288 g/mol. The third kappa shape index (κ3) is 5.12. The van der Waals surface area contributed by atoms with Gasteiger partial charge in [0.1, 0.15) is 16.9 Å². The minimum absolute atomic E-state index is 0.137. The lowest BCUT2D eigenvalue weighted by Gasteiger charge is -2.17. The maximum absolute atomic E-state index is 10.3. The zero-order valence-electron chi connectivity index (χ0n) is 10.6. The Balaban J connectivity index is 0.000000370. The standard InChI is InChI=1S/C7H6O4.C5H10O4/c8-5-1-4(7(10)11)2-6(9)3-5;1-5(2-6,3-7)4(8)9/h1-3,8-9H,(H,10,11);6-7H,2-3H2,1H3,(H,8,9). The molecule has 0 spiro atoms.